The van der Waals surface area contributed by atoms with E-state index in [-0.39, 0.29) is 0 Å². The molecule has 0 radical (unpaired) electrons. The highest BCUT2D eigenvalue weighted by Crippen LogP contribution is 2.07. The fourth-order valence-corrected chi connectivity index (χ4v) is 1.23. The van der Waals surface area contributed by atoms with Crippen LogP contribution in [0.4, 0.5) is 4.39 Å². The van der Waals surface area contributed by atoms with Crippen molar-refractivity contribution < 1.29 is 9.13 Å². The summed E-state index contributed by atoms with van der Waals surface area (Å²) in [7, 11) is 0. The van der Waals surface area contributed by atoms with E-state index in [2.05, 4.69) is 12.3 Å². The lowest BCUT2D eigenvalue weighted by molar-refractivity contribution is 0.218. The molecule has 0 aromatic heterocycles. The molecule has 0 amide bonds. The fourth-order valence-electron chi connectivity index (χ4n) is 1.23. The number of halogens is 1. The highest BCUT2D eigenvalue weighted by atomic mass is 19.1. The monoisotopic (exact) mass is 305 g/mol. The van der Waals surface area contributed by atoms with Crippen LogP contribution in [0, 0.1) is 12.3 Å². The molecule has 0 aromatic carbocycles. The van der Waals surface area contributed by atoms with Crippen molar-refractivity contribution in [3.05, 3.63) is 59.7 Å². The van der Waals surface area contributed by atoms with Gasteiger partial charge >= 0.3 is 0 Å². The number of nitrogens with two attached hydrogens (primary N) is 1. The van der Waals surface area contributed by atoms with E-state index in [4.69, 9.17) is 10.5 Å². The molecule has 0 unspecified atom stereocenters. The summed E-state index contributed by atoms with van der Waals surface area (Å²) in [6.07, 6.45) is 16.7. The van der Waals surface area contributed by atoms with E-state index in [0.29, 0.717) is 25.9 Å². The Morgan fingerprint density at radius 3 is 2.41 bits per heavy atom. The largest absolute Gasteiger partial charge is 0.498 e. The molecule has 0 heterocycles. The molecule has 0 spiro atoms. The van der Waals surface area contributed by atoms with E-state index < -0.39 is 0 Å². The Morgan fingerprint density at radius 2 is 1.91 bits per heavy atom. The zero-order chi connectivity index (χ0) is 17.2. The van der Waals surface area contributed by atoms with Gasteiger partial charge in [-0.3, -0.25) is 0 Å². The first-order chi connectivity index (χ1) is 10.5. The van der Waals surface area contributed by atoms with E-state index in [1.807, 2.05) is 51.2 Å². The van der Waals surface area contributed by atoms with Crippen molar-refractivity contribution in [1.29, 1.82) is 0 Å². The number of rotatable bonds is 8. The number of terminal acetylenes is 1. The summed E-state index contributed by atoms with van der Waals surface area (Å²) < 4.78 is 17.7. The smallest absolute Gasteiger partial charge is 0.0929 e. The topological polar surface area (TPSA) is 35.2 Å². The molecule has 0 bridgehead atoms. The summed E-state index contributed by atoms with van der Waals surface area (Å²) >= 11 is 0. The van der Waals surface area contributed by atoms with Crippen LogP contribution in [0.25, 0.3) is 0 Å². The van der Waals surface area contributed by atoms with Gasteiger partial charge < -0.3 is 10.5 Å². The molecule has 0 saturated heterocycles. The van der Waals surface area contributed by atoms with Gasteiger partial charge in [-0.25, -0.2) is 4.39 Å². The molecule has 3 heteroatoms. The fraction of sp³-hybridized carbons (Fsp3) is 0.368. The number of hydrogen-bond donors (Lipinski definition) is 1. The Labute approximate surface area is 134 Å². The third-order valence-corrected chi connectivity index (χ3v) is 2.42. The molecule has 0 aliphatic carbocycles. The maximum atomic E-state index is 12.2. The van der Waals surface area contributed by atoms with E-state index >= 15 is 0 Å². The first-order valence-electron chi connectivity index (χ1n) is 7.18. The summed E-state index contributed by atoms with van der Waals surface area (Å²) in [6.45, 7) is 8.49. The quantitative estimate of drug-likeness (QED) is 0.396. The third kappa shape index (κ3) is 16.0. The number of allylic oxidation sites excluding steroid dienone is 7. The second-order valence-corrected chi connectivity index (χ2v) is 4.44. The van der Waals surface area contributed by atoms with Crippen molar-refractivity contribution in [2.45, 2.75) is 34.1 Å². The molecular formula is C19H28FNO. The van der Waals surface area contributed by atoms with Crippen LogP contribution in [-0.4, -0.2) is 13.2 Å². The molecule has 2 nitrogen and oxygen atoms in total. The lowest BCUT2D eigenvalue weighted by Crippen LogP contribution is -1.99. The molecule has 22 heavy (non-hydrogen) atoms. The van der Waals surface area contributed by atoms with Gasteiger partial charge in [-0.1, -0.05) is 29.9 Å². The lowest BCUT2D eigenvalue weighted by atomic mass is 10.2. The van der Waals surface area contributed by atoms with Crippen molar-refractivity contribution in [2.75, 3.05) is 13.2 Å². The summed E-state index contributed by atoms with van der Waals surface area (Å²) in [6, 6.07) is 0. The van der Waals surface area contributed by atoms with Crippen molar-refractivity contribution in [2.24, 2.45) is 5.73 Å². The molecule has 0 atom stereocenters. The van der Waals surface area contributed by atoms with Crippen LogP contribution >= 0.6 is 0 Å². The first-order valence-corrected chi connectivity index (χ1v) is 7.18. The summed E-state index contributed by atoms with van der Waals surface area (Å²) in [4.78, 5) is 0. The second-order valence-electron chi connectivity index (χ2n) is 4.44. The Kier molecular flexibility index (Phi) is 17.2. The van der Waals surface area contributed by atoms with Crippen LogP contribution in [0.1, 0.15) is 34.1 Å². The van der Waals surface area contributed by atoms with Gasteiger partial charge in [-0.2, -0.15) is 0 Å². The van der Waals surface area contributed by atoms with Gasteiger partial charge in [0.1, 0.15) is 0 Å². The van der Waals surface area contributed by atoms with Crippen LogP contribution in [0.5, 0.6) is 0 Å². The maximum Gasteiger partial charge on any atom is 0.0929 e. The van der Waals surface area contributed by atoms with Crippen LogP contribution in [-0.2, 0) is 4.74 Å². The predicted octanol–water partition coefficient (Wildman–Crippen LogP) is 4.83. The molecule has 0 saturated carbocycles. The van der Waals surface area contributed by atoms with Crippen LogP contribution < -0.4 is 5.73 Å². The van der Waals surface area contributed by atoms with Gasteiger partial charge in [0.2, 0.25) is 0 Å². The van der Waals surface area contributed by atoms with Crippen LogP contribution in [0.2, 0.25) is 0 Å². The average Bonchev–Trinajstić information content (AvgIpc) is 2.51. The summed E-state index contributed by atoms with van der Waals surface area (Å²) in [5.74, 6) is 3.07. The predicted molar refractivity (Wildman–Crippen MR) is 94.8 cm³/mol. The van der Waals surface area contributed by atoms with Gasteiger partial charge in [0, 0.05) is 13.0 Å². The molecule has 0 aliphatic heterocycles. The molecule has 0 aromatic rings. The molecule has 0 rings (SSSR count). The van der Waals surface area contributed by atoms with Gasteiger partial charge in [0.25, 0.3) is 0 Å². The summed E-state index contributed by atoms with van der Waals surface area (Å²) in [5.41, 5.74) is 7.47. The minimum absolute atomic E-state index is 0.519. The minimum Gasteiger partial charge on any atom is -0.498 e. The van der Waals surface area contributed by atoms with Crippen LogP contribution in [0.3, 0.4) is 0 Å². The Balaban J connectivity index is 0. The molecule has 2 N–H and O–H groups in total. The van der Waals surface area contributed by atoms with Crippen molar-refractivity contribution in [3.63, 3.8) is 0 Å². The van der Waals surface area contributed by atoms with E-state index in [1.165, 1.54) is 6.08 Å². The SMILES string of the molecule is C#CC.C\C=C/C=C(\C=C\F)CCO/C(C)=C/C=C(\C)CN. The minimum atomic E-state index is 0.519. The molecule has 0 fully saturated rings. The van der Waals surface area contributed by atoms with E-state index in [0.717, 1.165) is 16.9 Å². The Hall–Kier alpha value is -2.05. The Bertz CT molecular complexity index is 462. The zero-order valence-electron chi connectivity index (χ0n) is 14.1. The molecule has 122 valence electrons. The highest BCUT2D eigenvalue weighted by molar-refractivity contribution is 5.22. The van der Waals surface area contributed by atoms with Gasteiger partial charge in [0.15, 0.2) is 0 Å². The van der Waals surface area contributed by atoms with Crippen molar-refractivity contribution in [3.8, 4) is 12.3 Å². The number of ether oxygens (including phenoxy) is 1. The number of hydrogen-bond acceptors (Lipinski definition) is 2. The van der Waals surface area contributed by atoms with Gasteiger partial charge in [-0.05, 0) is 45.4 Å². The van der Waals surface area contributed by atoms with Gasteiger partial charge in [-0.15, -0.1) is 12.3 Å². The molecular weight excluding hydrogens is 277 g/mol. The van der Waals surface area contributed by atoms with E-state index in [1.54, 1.807) is 6.92 Å². The standard InChI is InChI=1S/C16H24FNO.C3H4/c1-4-5-6-16(9-11-17)10-12-19-15(3)8-7-14(2)13-18;1-3-2/h4-9,11H,10,12-13,18H2,1-3H3;1H,2H3/b5-4-,11-9+,14-7+,15-8+,16-6+;. The third-order valence-electron chi connectivity index (χ3n) is 2.42. The lowest BCUT2D eigenvalue weighted by Gasteiger charge is -2.06. The van der Waals surface area contributed by atoms with Crippen molar-refractivity contribution in [1.82, 2.24) is 0 Å². The second kappa shape index (κ2) is 17.0. The van der Waals surface area contributed by atoms with E-state index in [9.17, 15) is 4.39 Å². The van der Waals surface area contributed by atoms with Crippen LogP contribution in [0.15, 0.2) is 59.7 Å². The first kappa shape index (κ1) is 22.2. The normalized spacial score (nSPS) is 13.0. The van der Waals surface area contributed by atoms with Crippen molar-refractivity contribution >= 4 is 0 Å². The zero-order valence-corrected chi connectivity index (χ0v) is 14.1. The highest BCUT2D eigenvalue weighted by Gasteiger charge is 1.94. The summed E-state index contributed by atoms with van der Waals surface area (Å²) in [5, 5.41) is 0. The maximum absolute atomic E-state index is 12.2. The van der Waals surface area contributed by atoms with Gasteiger partial charge in [0.05, 0.1) is 18.7 Å². The Morgan fingerprint density at radius 1 is 1.27 bits per heavy atom. The molecule has 0 aliphatic rings. The average molecular weight is 305 g/mol.